The Kier molecular flexibility index (Phi) is 8.37. The topological polar surface area (TPSA) is 114 Å². The zero-order chi connectivity index (χ0) is 22.1. The van der Waals surface area contributed by atoms with Gasteiger partial charge in [0.25, 0.3) is 0 Å². The first-order valence-corrected chi connectivity index (χ1v) is 11.0. The minimum absolute atomic E-state index is 0.112. The number of carbonyl (C=O) groups is 2. The summed E-state index contributed by atoms with van der Waals surface area (Å²) in [5.41, 5.74) is 1.58. The molecule has 1 atom stereocenters. The zero-order valence-corrected chi connectivity index (χ0v) is 18.0. The Balaban J connectivity index is 1.89. The van der Waals surface area contributed by atoms with E-state index < -0.39 is 22.2 Å². The second kappa shape index (κ2) is 10.7. The fraction of sp³-hybridized carbons (Fsp3) is 0.333. The summed E-state index contributed by atoms with van der Waals surface area (Å²) in [6, 6.07) is 14.7. The first kappa shape index (κ1) is 23.4. The van der Waals surface area contributed by atoms with Gasteiger partial charge in [0.15, 0.2) is 0 Å². The van der Waals surface area contributed by atoms with Crippen LogP contribution in [0.3, 0.4) is 0 Å². The first-order valence-electron chi connectivity index (χ1n) is 9.50. The van der Waals surface area contributed by atoms with Gasteiger partial charge >= 0.3 is 6.09 Å². The Hall–Kier alpha value is -2.91. The van der Waals surface area contributed by atoms with E-state index in [-0.39, 0.29) is 29.9 Å². The van der Waals surface area contributed by atoms with Gasteiger partial charge in [0.2, 0.25) is 15.9 Å². The number of alkyl carbamates (subject to hydrolysis) is 1. The fourth-order valence-electron chi connectivity index (χ4n) is 2.63. The number of benzene rings is 2. The molecular formula is C21H27N3O5S. The average Bonchev–Trinajstić information content (AvgIpc) is 2.75. The van der Waals surface area contributed by atoms with Gasteiger partial charge in [-0.15, -0.1) is 0 Å². The van der Waals surface area contributed by atoms with Crippen LogP contribution in [-0.2, 0) is 32.7 Å². The van der Waals surface area contributed by atoms with Crippen LogP contribution in [0.1, 0.15) is 25.0 Å². The smallest absolute Gasteiger partial charge is 0.408 e. The van der Waals surface area contributed by atoms with Crippen molar-refractivity contribution in [3.63, 3.8) is 0 Å². The molecule has 0 aliphatic carbocycles. The van der Waals surface area contributed by atoms with Crippen molar-refractivity contribution in [2.24, 2.45) is 5.92 Å². The highest BCUT2D eigenvalue weighted by Gasteiger charge is 2.24. The molecule has 9 heteroatoms. The minimum atomic E-state index is -3.51. The van der Waals surface area contributed by atoms with Gasteiger partial charge in [-0.25, -0.2) is 17.9 Å². The van der Waals surface area contributed by atoms with Gasteiger partial charge in [-0.2, -0.15) is 0 Å². The van der Waals surface area contributed by atoms with E-state index in [1.807, 2.05) is 44.2 Å². The van der Waals surface area contributed by atoms with Crippen LogP contribution in [0.2, 0.25) is 0 Å². The Morgan fingerprint density at radius 3 is 2.17 bits per heavy atom. The molecular weight excluding hydrogens is 406 g/mol. The summed E-state index contributed by atoms with van der Waals surface area (Å²) >= 11 is 0. The molecule has 0 radical (unpaired) electrons. The molecule has 0 aliphatic heterocycles. The molecule has 3 N–H and O–H groups in total. The first-order chi connectivity index (χ1) is 14.2. The molecule has 2 aromatic carbocycles. The molecule has 2 aromatic rings. The number of hydrogen-bond acceptors (Lipinski definition) is 5. The molecule has 0 bridgehead atoms. The monoisotopic (exact) mass is 433 g/mol. The number of carbonyl (C=O) groups excluding carboxylic acids is 2. The summed E-state index contributed by atoms with van der Waals surface area (Å²) in [7, 11) is -2.17. The number of nitrogens with one attached hydrogen (secondary N) is 3. The number of sulfonamides is 1. The van der Waals surface area contributed by atoms with Gasteiger partial charge in [0.1, 0.15) is 12.6 Å². The van der Waals surface area contributed by atoms with Crippen LogP contribution in [0.25, 0.3) is 0 Å². The predicted octanol–water partition coefficient (Wildman–Crippen LogP) is 2.16. The van der Waals surface area contributed by atoms with E-state index >= 15 is 0 Å². The zero-order valence-electron chi connectivity index (χ0n) is 17.2. The van der Waals surface area contributed by atoms with Crippen LogP contribution in [0.5, 0.6) is 0 Å². The maximum atomic E-state index is 12.6. The van der Waals surface area contributed by atoms with E-state index in [0.29, 0.717) is 0 Å². The van der Waals surface area contributed by atoms with Crippen molar-refractivity contribution in [2.75, 3.05) is 7.05 Å². The van der Waals surface area contributed by atoms with Crippen LogP contribution in [0.15, 0.2) is 59.5 Å². The van der Waals surface area contributed by atoms with Crippen molar-refractivity contribution in [1.29, 1.82) is 0 Å². The Morgan fingerprint density at radius 2 is 1.60 bits per heavy atom. The van der Waals surface area contributed by atoms with Crippen molar-refractivity contribution >= 4 is 22.0 Å². The van der Waals surface area contributed by atoms with Crippen LogP contribution in [0.4, 0.5) is 4.79 Å². The van der Waals surface area contributed by atoms with E-state index in [4.69, 9.17) is 4.74 Å². The lowest BCUT2D eigenvalue weighted by Gasteiger charge is -2.21. The summed E-state index contributed by atoms with van der Waals surface area (Å²) in [6.45, 7) is 3.95. The second-order valence-electron chi connectivity index (χ2n) is 7.00. The Bertz CT molecular complexity index is 944. The van der Waals surface area contributed by atoms with Gasteiger partial charge in [-0.05, 0) is 36.2 Å². The van der Waals surface area contributed by atoms with Crippen molar-refractivity contribution in [3.05, 3.63) is 65.7 Å². The highest BCUT2D eigenvalue weighted by molar-refractivity contribution is 7.89. The Morgan fingerprint density at radius 1 is 0.967 bits per heavy atom. The molecule has 0 unspecified atom stereocenters. The minimum Gasteiger partial charge on any atom is -0.445 e. The van der Waals surface area contributed by atoms with E-state index in [1.165, 1.54) is 19.2 Å². The standard InChI is InChI=1S/C21H27N3O5S/c1-15(2)19(24-21(26)29-14-17-7-5-4-6-8-17)20(25)23-13-16-9-11-18(12-10-16)30(27,28)22-3/h4-12,15,19,22H,13-14H2,1-3H3,(H,23,25)(H,24,26)/t19-/m0/s1. The molecule has 0 spiro atoms. The van der Waals surface area contributed by atoms with E-state index in [0.717, 1.165) is 11.1 Å². The Labute approximate surface area is 177 Å². The fourth-order valence-corrected chi connectivity index (χ4v) is 3.36. The largest absolute Gasteiger partial charge is 0.445 e. The molecule has 162 valence electrons. The van der Waals surface area contributed by atoms with Gasteiger partial charge in [0.05, 0.1) is 4.90 Å². The summed E-state index contributed by atoms with van der Waals surface area (Å²) in [5, 5.41) is 5.36. The molecule has 0 aromatic heterocycles. The third-order valence-electron chi connectivity index (χ3n) is 4.40. The molecule has 0 saturated heterocycles. The molecule has 0 saturated carbocycles. The number of amides is 2. The van der Waals surface area contributed by atoms with E-state index in [2.05, 4.69) is 15.4 Å². The second-order valence-corrected chi connectivity index (χ2v) is 8.88. The van der Waals surface area contributed by atoms with Crippen molar-refractivity contribution < 1.29 is 22.7 Å². The van der Waals surface area contributed by atoms with Gasteiger partial charge < -0.3 is 15.4 Å². The molecule has 2 rings (SSSR count). The highest BCUT2D eigenvalue weighted by atomic mass is 32.2. The lowest BCUT2D eigenvalue weighted by Crippen LogP contribution is -2.49. The molecule has 8 nitrogen and oxygen atoms in total. The molecule has 0 fully saturated rings. The number of ether oxygens (including phenoxy) is 1. The van der Waals surface area contributed by atoms with E-state index in [9.17, 15) is 18.0 Å². The molecule has 0 heterocycles. The molecule has 0 aliphatic rings. The van der Waals surface area contributed by atoms with Crippen molar-refractivity contribution in [2.45, 2.75) is 37.9 Å². The van der Waals surface area contributed by atoms with Crippen LogP contribution < -0.4 is 15.4 Å². The predicted molar refractivity (Wildman–Crippen MR) is 113 cm³/mol. The lowest BCUT2D eigenvalue weighted by molar-refractivity contribution is -0.124. The van der Waals surface area contributed by atoms with Crippen LogP contribution >= 0.6 is 0 Å². The normalized spacial score (nSPS) is 12.3. The number of rotatable bonds is 9. The lowest BCUT2D eigenvalue weighted by atomic mass is 10.0. The summed E-state index contributed by atoms with van der Waals surface area (Å²) in [6.07, 6.45) is -0.672. The average molecular weight is 434 g/mol. The van der Waals surface area contributed by atoms with Crippen LogP contribution in [-0.4, -0.2) is 33.5 Å². The van der Waals surface area contributed by atoms with Crippen molar-refractivity contribution in [1.82, 2.24) is 15.4 Å². The van der Waals surface area contributed by atoms with Gasteiger partial charge in [-0.1, -0.05) is 56.3 Å². The van der Waals surface area contributed by atoms with E-state index in [1.54, 1.807) is 12.1 Å². The van der Waals surface area contributed by atoms with Gasteiger partial charge in [0, 0.05) is 6.54 Å². The third-order valence-corrected chi connectivity index (χ3v) is 5.83. The molecule has 2 amide bonds. The number of hydrogen-bond donors (Lipinski definition) is 3. The maximum Gasteiger partial charge on any atom is 0.408 e. The van der Waals surface area contributed by atoms with Crippen LogP contribution in [0, 0.1) is 5.92 Å². The van der Waals surface area contributed by atoms with Crippen molar-refractivity contribution in [3.8, 4) is 0 Å². The third kappa shape index (κ3) is 6.85. The quantitative estimate of drug-likeness (QED) is 0.561. The molecule has 30 heavy (non-hydrogen) atoms. The van der Waals surface area contributed by atoms with Gasteiger partial charge in [-0.3, -0.25) is 4.79 Å². The summed E-state index contributed by atoms with van der Waals surface area (Å²) < 4.78 is 30.9. The highest BCUT2D eigenvalue weighted by Crippen LogP contribution is 2.10. The summed E-state index contributed by atoms with van der Waals surface area (Å²) in [4.78, 5) is 24.8. The SMILES string of the molecule is CNS(=O)(=O)c1ccc(CNC(=O)[C@@H](NC(=O)OCc2ccccc2)C(C)C)cc1. The maximum absolute atomic E-state index is 12.6. The summed E-state index contributed by atoms with van der Waals surface area (Å²) in [5.74, 6) is -0.508.